The molecule has 4 rings (SSSR count). The van der Waals surface area contributed by atoms with E-state index in [0.29, 0.717) is 18.2 Å². The van der Waals surface area contributed by atoms with Crippen molar-refractivity contribution in [2.75, 3.05) is 11.9 Å². The number of ether oxygens (including phenoxy) is 1. The summed E-state index contributed by atoms with van der Waals surface area (Å²) in [4.78, 5) is 12.4. The number of rotatable bonds is 6. The lowest BCUT2D eigenvalue weighted by Gasteiger charge is -2.13. The van der Waals surface area contributed by atoms with Gasteiger partial charge >= 0.3 is 0 Å². The van der Waals surface area contributed by atoms with Gasteiger partial charge in [-0.2, -0.15) is 0 Å². The predicted octanol–water partition coefficient (Wildman–Crippen LogP) is 3.79. The van der Waals surface area contributed by atoms with Crippen LogP contribution in [0.5, 0.6) is 5.75 Å². The van der Waals surface area contributed by atoms with E-state index in [1.807, 2.05) is 62.4 Å². The summed E-state index contributed by atoms with van der Waals surface area (Å²) in [6, 6.07) is 15.9. The van der Waals surface area contributed by atoms with Gasteiger partial charge in [0.1, 0.15) is 29.6 Å². The van der Waals surface area contributed by atoms with E-state index in [1.54, 1.807) is 0 Å². The molecule has 0 bridgehead atoms. The molecule has 0 spiro atoms. The normalized spacial score (nSPS) is 12.4. The molecule has 3 N–H and O–H groups in total. The molecule has 1 atom stereocenters. The number of hydrogen-bond donors (Lipinski definition) is 3. The summed E-state index contributed by atoms with van der Waals surface area (Å²) in [5.74, 6) is 2.17. The molecule has 0 aliphatic heterocycles. The highest BCUT2D eigenvalue weighted by Crippen LogP contribution is 2.32. The predicted molar refractivity (Wildman–Crippen MR) is 107 cm³/mol. The number of anilines is 1. The third-order valence-electron chi connectivity index (χ3n) is 4.44. The maximum absolute atomic E-state index is 9.39. The molecule has 2 aromatic heterocycles. The number of hydrogen-bond acceptors (Lipinski definition) is 5. The van der Waals surface area contributed by atoms with Crippen LogP contribution in [-0.2, 0) is 6.61 Å². The van der Waals surface area contributed by atoms with Gasteiger partial charge in [0.15, 0.2) is 0 Å². The highest BCUT2D eigenvalue weighted by Gasteiger charge is 2.15. The topological polar surface area (TPSA) is 83.1 Å². The number of aliphatic hydroxyl groups excluding tert-OH is 1. The molecule has 0 fully saturated rings. The summed E-state index contributed by atoms with van der Waals surface area (Å²) >= 11 is 0. The zero-order valence-electron chi connectivity index (χ0n) is 15.4. The first-order chi connectivity index (χ1) is 13.1. The van der Waals surface area contributed by atoms with E-state index < -0.39 is 0 Å². The lowest BCUT2D eigenvalue weighted by atomic mass is 10.2. The fraction of sp³-hybridized carbons (Fsp3) is 0.238. The highest BCUT2D eigenvalue weighted by molar-refractivity contribution is 6.11. The second-order valence-electron chi connectivity index (χ2n) is 6.68. The second-order valence-corrected chi connectivity index (χ2v) is 6.68. The highest BCUT2D eigenvalue weighted by atomic mass is 16.5. The first kappa shape index (κ1) is 17.3. The summed E-state index contributed by atoms with van der Waals surface area (Å²) in [5, 5.41) is 14.6. The number of benzene rings is 2. The number of aryl methyl sites for hydroxylation is 1. The zero-order valence-corrected chi connectivity index (χ0v) is 15.4. The molecular weight excluding hydrogens is 340 g/mol. The number of aliphatic hydroxyl groups is 1. The van der Waals surface area contributed by atoms with Crippen LogP contribution in [0.4, 0.5) is 5.82 Å². The van der Waals surface area contributed by atoms with Crippen molar-refractivity contribution in [1.29, 1.82) is 0 Å². The average molecular weight is 362 g/mol. The van der Waals surface area contributed by atoms with Crippen LogP contribution >= 0.6 is 0 Å². The molecule has 6 nitrogen and oxygen atoms in total. The maximum Gasteiger partial charge on any atom is 0.144 e. The largest absolute Gasteiger partial charge is 0.489 e. The Bertz CT molecular complexity index is 1080. The molecule has 0 saturated heterocycles. The summed E-state index contributed by atoms with van der Waals surface area (Å²) in [6.45, 7) is 4.30. The third kappa shape index (κ3) is 3.57. The van der Waals surface area contributed by atoms with Gasteiger partial charge in [-0.25, -0.2) is 9.97 Å². The summed E-state index contributed by atoms with van der Waals surface area (Å²) in [6.07, 6.45) is 0. The minimum Gasteiger partial charge on any atom is -0.489 e. The Kier molecular flexibility index (Phi) is 4.64. The Hall–Kier alpha value is -3.12. The van der Waals surface area contributed by atoms with Crippen LogP contribution < -0.4 is 10.1 Å². The molecule has 0 radical (unpaired) electrons. The van der Waals surface area contributed by atoms with Crippen molar-refractivity contribution < 1.29 is 9.84 Å². The van der Waals surface area contributed by atoms with E-state index in [-0.39, 0.29) is 12.6 Å². The van der Waals surface area contributed by atoms with Crippen molar-refractivity contribution >= 4 is 27.8 Å². The van der Waals surface area contributed by atoms with Gasteiger partial charge in [0.25, 0.3) is 0 Å². The number of aromatic nitrogens is 3. The second kappa shape index (κ2) is 7.25. The van der Waals surface area contributed by atoms with Crippen molar-refractivity contribution in [3.63, 3.8) is 0 Å². The molecule has 2 aromatic carbocycles. The molecule has 1 unspecified atom stereocenters. The van der Waals surface area contributed by atoms with Crippen LogP contribution in [0.1, 0.15) is 18.3 Å². The number of nitrogens with zero attached hydrogens (tertiary/aromatic N) is 2. The van der Waals surface area contributed by atoms with Gasteiger partial charge in [-0.05, 0) is 37.6 Å². The number of aromatic amines is 1. The van der Waals surface area contributed by atoms with Gasteiger partial charge in [-0.15, -0.1) is 0 Å². The average Bonchev–Trinajstić information content (AvgIpc) is 3.04. The molecule has 0 amide bonds. The molecule has 138 valence electrons. The Morgan fingerprint density at radius 1 is 1.15 bits per heavy atom. The van der Waals surface area contributed by atoms with Gasteiger partial charge in [-0.1, -0.05) is 30.3 Å². The van der Waals surface area contributed by atoms with Crippen LogP contribution in [0.3, 0.4) is 0 Å². The zero-order chi connectivity index (χ0) is 18.8. The lowest BCUT2D eigenvalue weighted by molar-refractivity contribution is 0.281. The third-order valence-corrected chi connectivity index (χ3v) is 4.44. The van der Waals surface area contributed by atoms with Crippen LogP contribution in [0.2, 0.25) is 0 Å². The molecule has 27 heavy (non-hydrogen) atoms. The Balaban J connectivity index is 1.74. The standard InChI is InChI=1S/C21H22N4O2/c1-13(11-26)22-20-19-17-10-16(27-12-15-6-4-3-5-7-15)8-9-18(17)25-21(19)24-14(2)23-20/h3-10,13,26H,11-12H2,1-2H3,(H2,22,23,24,25). The van der Waals surface area contributed by atoms with Crippen molar-refractivity contribution in [2.45, 2.75) is 26.5 Å². The first-order valence-corrected chi connectivity index (χ1v) is 8.98. The number of fused-ring (bicyclic) bond motifs is 3. The summed E-state index contributed by atoms with van der Waals surface area (Å²) < 4.78 is 5.97. The van der Waals surface area contributed by atoms with Gasteiger partial charge in [0, 0.05) is 16.9 Å². The molecule has 6 heteroatoms. The van der Waals surface area contributed by atoms with Crippen LogP contribution in [-0.4, -0.2) is 32.7 Å². The monoisotopic (exact) mass is 362 g/mol. The molecule has 0 aliphatic carbocycles. The quantitative estimate of drug-likeness (QED) is 0.486. The van der Waals surface area contributed by atoms with Crippen LogP contribution in [0.25, 0.3) is 21.9 Å². The molecule has 4 aromatic rings. The number of H-pyrrole nitrogens is 1. The Morgan fingerprint density at radius 2 is 1.96 bits per heavy atom. The molecular formula is C21H22N4O2. The van der Waals surface area contributed by atoms with Gasteiger partial charge < -0.3 is 20.1 Å². The van der Waals surface area contributed by atoms with E-state index >= 15 is 0 Å². The lowest BCUT2D eigenvalue weighted by Crippen LogP contribution is -2.20. The minimum absolute atomic E-state index is 0.0261. The van der Waals surface area contributed by atoms with Crippen molar-refractivity contribution in [3.8, 4) is 5.75 Å². The van der Waals surface area contributed by atoms with Crippen LogP contribution in [0, 0.1) is 6.92 Å². The van der Waals surface area contributed by atoms with Crippen molar-refractivity contribution in [3.05, 3.63) is 59.9 Å². The van der Waals surface area contributed by atoms with Gasteiger partial charge in [0.2, 0.25) is 0 Å². The van der Waals surface area contributed by atoms with Crippen LogP contribution in [0.15, 0.2) is 48.5 Å². The summed E-state index contributed by atoms with van der Waals surface area (Å²) in [5.41, 5.74) is 2.86. The Labute approximate surface area is 157 Å². The fourth-order valence-corrected chi connectivity index (χ4v) is 3.10. The molecule has 0 aliphatic rings. The molecule has 2 heterocycles. The Morgan fingerprint density at radius 3 is 2.74 bits per heavy atom. The van der Waals surface area contributed by atoms with E-state index in [2.05, 4.69) is 20.3 Å². The SMILES string of the molecule is Cc1nc(NC(C)CO)c2c(n1)[nH]c1ccc(OCc3ccccc3)cc12. The van der Waals surface area contributed by atoms with E-state index in [4.69, 9.17) is 4.74 Å². The van der Waals surface area contributed by atoms with E-state index in [1.165, 1.54) is 0 Å². The van der Waals surface area contributed by atoms with Gasteiger partial charge in [-0.3, -0.25) is 0 Å². The van der Waals surface area contributed by atoms with Crippen molar-refractivity contribution in [2.24, 2.45) is 0 Å². The molecule has 0 saturated carbocycles. The van der Waals surface area contributed by atoms with E-state index in [9.17, 15) is 5.11 Å². The van der Waals surface area contributed by atoms with Gasteiger partial charge in [0.05, 0.1) is 12.0 Å². The fourth-order valence-electron chi connectivity index (χ4n) is 3.10. The maximum atomic E-state index is 9.39. The smallest absolute Gasteiger partial charge is 0.144 e. The summed E-state index contributed by atoms with van der Waals surface area (Å²) in [7, 11) is 0. The van der Waals surface area contributed by atoms with Crippen molar-refractivity contribution in [1.82, 2.24) is 15.0 Å². The number of nitrogens with one attached hydrogen (secondary N) is 2. The minimum atomic E-state index is -0.107. The van der Waals surface area contributed by atoms with E-state index in [0.717, 1.165) is 33.2 Å². The first-order valence-electron chi connectivity index (χ1n) is 8.98.